The van der Waals surface area contributed by atoms with Crippen LogP contribution in [0.4, 0.5) is 5.69 Å². The number of nitrogen functional groups attached to an aromatic ring is 1. The van der Waals surface area contributed by atoms with Gasteiger partial charge in [-0.3, -0.25) is 4.79 Å². The normalized spacial score (nSPS) is 14.7. The highest BCUT2D eigenvalue weighted by atomic mass is 16.1. The van der Waals surface area contributed by atoms with E-state index in [1.807, 2.05) is 36.4 Å². The van der Waals surface area contributed by atoms with E-state index in [4.69, 9.17) is 5.73 Å². The molecule has 2 aromatic carbocycles. The summed E-state index contributed by atoms with van der Waals surface area (Å²) in [6, 6.07) is 16.0. The number of rotatable bonds is 5. The number of Topliss-reactive ketones (excluding diaryl/α,β-unsaturated/α-hetero) is 1. The Kier molecular flexibility index (Phi) is 4.05. The molecule has 0 saturated heterocycles. The Balaban J connectivity index is 1.59. The molecule has 2 aromatic rings. The summed E-state index contributed by atoms with van der Waals surface area (Å²) in [7, 11) is 0. The van der Waals surface area contributed by atoms with Gasteiger partial charge in [0.05, 0.1) is 0 Å². The van der Waals surface area contributed by atoms with Gasteiger partial charge in [-0.1, -0.05) is 42.8 Å². The molecule has 21 heavy (non-hydrogen) atoms. The minimum Gasteiger partial charge on any atom is -0.399 e. The zero-order valence-electron chi connectivity index (χ0n) is 12.2. The maximum absolute atomic E-state index is 12.2. The fraction of sp³-hybridized carbons (Fsp3) is 0.316. The van der Waals surface area contributed by atoms with Crippen molar-refractivity contribution in [3.8, 4) is 0 Å². The number of aryl methyl sites for hydroxylation is 1. The molecule has 0 unspecified atom stereocenters. The van der Waals surface area contributed by atoms with Crippen LogP contribution in [-0.4, -0.2) is 5.78 Å². The predicted molar refractivity (Wildman–Crippen MR) is 86.5 cm³/mol. The van der Waals surface area contributed by atoms with Crippen LogP contribution in [0.1, 0.15) is 53.1 Å². The first-order chi connectivity index (χ1) is 10.2. The smallest absolute Gasteiger partial charge is 0.163 e. The average Bonchev–Trinajstić information content (AvgIpc) is 2.44. The van der Waals surface area contributed by atoms with Gasteiger partial charge in [0.25, 0.3) is 0 Å². The monoisotopic (exact) mass is 279 g/mol. The second kappa shape index (κ2) is 6.13. The molecule has 0 aliphatic heterocycles. The minimum absolute atomic E-state index is 0.206. The van der Waals surface area contributed by atoms with Crippen LogP contribution in [-0.2, 0) is 6.42 Å². The van der Waals surface area contributed by atoms with Gasteiger partial charge in [0.1, 0.15) is 0 Å². The van der Waals surface area contributed by atoms with Gasteiger partial charge in [0.15, 0.2) is 5.78 Å². The van der Waals surface area contributed by atoms with Crippen molar-refractivity contribution < 1.29 is 4.79 Å². The van der Waals surface area contributed by atoms with E-state index >= 15 is 0 Å². The average molecular weight is 279 g/mol. The third-order valence-corrected chi connectivity index (χ3v) is 4.40. The van der Waals surface area contributed by atoms with Crippen LogP contribution in [0, 0.1) is 0 Å². The second-order valence-electron chi connectivity index (χ2n) is 5.92. The second-order valence-corrected chi connectivity index (χ2v) is 5.92. The summed E-state index contributed by atoms with van der Waals surface area (Å²) in [5.41, 5.74) is 9.83. The van der Waals surface area contributed by atoms with Crippen LogP contribution in [0.15, 0.2) is 48.5 Å². The Morgan fingerprint density at radius 1 is 1.10 bits per heavy atom. The van der Waals surface area contributed by atoms with E-state index in [9.17, 15) is 4.79 Å². The molecule has 0 radical (unpaired) electrons. The summed E-state index contributed by atoms with van der Waals surface area (Å²) >= 11 is 0. The zero-order valence-corrected chi connectivity index (χ0v) is 12.2. The molecule has 1 aliphatic carbocycles. The van der Waals surface area contributed by atoms with Crippen molar-refractivity contribution in [2.75, 3.05) is 5.73 Å². The molecule has 3 rings (SSSR count). The van der Waals surface area contributed by atoms with Crippen molar-refractivity contribution >= 4 is 11.5 Å². The van der Waals surface area contributed by atoms with Gasteiger partial charge >= 0.3 is 0 Å². The molecular weight excluding hydrogens is 258 g/mol. The number of benzene rings is 2. The molecular formula is C19H21NO. The third-order valence-electron chi connectivity index (χ3n) is 4.40. The van der Waals surface area contributed by atoms with Crippen molar-refractivity contribution in [2.24, 2.45) is 0 Å². The van der Waals surface area contributed by atoms with Crippen LogP contribution in [0.5, 0.6) is 0 Å². The number of nitrogens with two attached hydrogens (primary N) is 1. The van der Waals surface area contributed by atoms with Crippen LogP contribution in [0.3, 0.4) is 0 Å². The maximum atomic E-state index is 12.2. The molecule has 0 amide bonds. The van der Waals surface area contributed by atoms with E-state index < -0.39 is 0 Å². The van der Waals surface area contributed by atoms with Gasteiger partial charge in [-0.15, -0.1) is 0 Å². The molecule has 1 fully saturated rings. The van der Waals surface area contributed by atoms with Crippen molar-refractivity contribution in [1.82, 2.24) is 0 Å². The summed E-state index contributed by atoms with van der Waals surface area (Å²) in [5, 5.41) is 0. The molecule has 0 spiro atoms. The summed E-state index contributed by atoms with van der Waals surface area (Å²) in [4.78, 5) is 12.2. The van der Waals surface area contributed by atoms with Crippen LogP contribution >= 0.6 is 0 Å². The summed E-state index contributed by atoms with van der Waals surface area (Å²) in [6.45, 7) is 0. The van der Waals surface area contributed by atoms with E-state index in [2.05, 4.69) is 12.1 Å². The highest BCUT2D eigenvalue weighted by Crippen LogP contribution is 2.36. The van der Waals surface area contributed by atoms with Gasteiger partial charge in [0, 0.05) is 17.7 Å². The Labute approximate surface area is 126 Å². The van der Waals surface area contributed by atoms with Gasteiger partial charge in [-0.2, -0.15) is 0 Å². The summed E-state index contributed by atoms with van der Waals surface area (Å²) in [6.07, 6.45) is 5.21. The Morgan fingerprint density at radius 3 is 2.48 bits per heavy atom. The summed E-state index contributed by atoms with van der Waals surface area (Å²) < 4.78 is 0. The van der Waals surface area contributed by atoms with E-state index in [0.717, 1.165) is 29.2 Å². The maximum Gasteiger partial charge on any atom is 0.163 e. The standard InChI is InChI=1S/C19H21NO/c20-18-6-1-3-14(13-18)7-12-19(21)17-10-8-16(9-11-17)15-4-2-5-15/h1,3,6,8-11,13,15H,2,4-5,7,12,20H2. The van der Waals surface area contributed by atoms with Gasteiger partial charge < -0.3 is 5.73 Å². The fourth-order valence-electron chi connectivity index (χ4n) is 2.83. The first kappa shape index (κ1) is 13.9. The molecule has 2 N–H and O–H groups in total. The molecule has 108 valence electrons. The molecule has 0 atom stereocenters. The third kappa shape index (κ3) is 3.33. The molecule has 2 heteroatoms. The molecule has 0 heterocycles. The molecule has 1 saturated carbocycles. The summed E-state index contributed by atoms with van der Waals surface area (Å²) in [5.74, 6) is 0.930. The Bertz CT molecular complexity index is 626. The molecule has 2 nitrogen and oxygen atoms in total. The van der Waals surface area contributed by atoms with E-state index in [1.54, 1.807) is 0 Å². The van der Waals surface area contributed by atoms with Crippen molar-refractivity contribution in [1.29, 1.82) is 0 Å². The first-order valence-corrected chi connectivity index (χ1v) is 7.70. The fourth-order valence-corrected chi connectivity index (χ4v) is 2.83. The number of ketones is 1. The first-order valence-electron chi connectivity index (χ1n) is 7.70. The highest BCUT2D eigenvalue weighted by Gasteiger charge is 2.19. The van der Waals surface area contributed by atoms with E-state index in [0.29, 0.717) is 6.42 Å². The molecule has 0 aromatic heterocycles. The van der Waals surface area contributed by atoms with Crippen LogP contribution < -0.4 is 5.73 Å². The van der Waals surface area contributed by atoms with Gasteiger partial charge in [0.2, 0.25) is 0 Å². The highest BCUT2D eigenvalue weighted by molar-refractivity contribution is 5.96. The predicted octanol–water partition coefficient (Wildman–Crippen LogP) is 4.35. The minimum atomic E-state index is 0.206. The zero-order chi connectivity index (χ0) is 14.7. The molecule has 1 aliphatic rings. The Morgan fingerprint density at radius 2 is 1.86 bits per heavy atom. The lowest BCUT2D eigenvalue weighted by Crippen LogP contribution is -2.09. The van der Waals surface area contributed by atoms with Crippen LogP contribution in [0.25, 0.3) is 0 Å². The lowest BCUT2D eigenvalue weighted by molar-refractivity contribution is 0.0983. The quantitative estimate of drug-likeness (QED) is 0.653. The van der Waals surface area contributed by atoms with Crippen molar-refractivity contribution in [2.45, 2.75) is 38.0 Å². The number of carbonyl (C=O) groups excluding carboxylic acids is 1. The van der Waals surface area contributed by atoms with Crippen molar-refractivity contribution in [3.63, 3.8) is 0 Å². The number of carbonyl (C=O) groups is 1. The number of hydrogen-bond acceptors (Lipinski definition) is 2. The lowest BCUT2D eigenvalue weighted by atomic mass is 9.80. The number of anilines is 1. The van der Waals surface area contributed by atoms with E-state index in [1.165, 1.54) is 24.8 Å². The van der Waals surface area contributed by atoms with Crippen molar-refractivity contribution in [3.05, 3.63) is 65.2 Å². The SMILES string of the molecule is Nc1cccc(CCC(=O)c2ccc(C3CCC3)cc2)c1. The van der Waals surface area contributed by atoms with Gasteiger partial charge in [-0.25, -0.2) is 0 Å². The van der Waals surface area contributed by atoms with Gasteiger partial charge in [-0.05, 0) is 48.4 Å². The topological polar surface area (TPSA) is 43.1 Å². The largest absolute Gasteiger partial charge is 0.399 e. The number of hydrogen-bond donors (Lipinski definition) is 1. The lowest BCUT2D eigenvalue weighted by Gasteiger charge is -2.25. The van der Waals surface area contributed by atoms with Crippen LogP contribution in [0.2, 0.25) is 0 Å². The Hall–Kier alpha value is -2.09. The van der Waals surface area contributed by atoms with E-state index in [-0.39, 0.29) is 5.78 Å². The molecule has 0 bridgehead atoms.